The Kier molecular flexibility index (Phi) is 5.03. The lowest BCUT2D eigenvalue weighted by molar-refractivity contribution is 0.242. The molecule has 2 rings (SSSR count). The van der Waals surface area contributed by atoms with Gasteiger partial charge in [-0.3, -0.25) is 14.6 Å². The van der Waals surface area contributed by atoms with Crippen LogP contribution in [0.5, 0.6) is 0 Å². The number of nitrogens with one attached hydrogen (secondary N) is 1. The van der Waals surface area contributed by atoms with Crippen molar-refractivity contribution in [3.63, 3.8) is 0 Å². The van der Waals surface area contributed by atoms with Crippen LogP contribution in [0.15, 0.2) is 24.5 Å². The molecule has 5 nitrogen and oxygen atoms in total. The molecule has 0 fully saturated rings. The lowest BCUT2D eigenvalue weighted by Gasteiger charge is -2.23. The summed E-state index contributed by atoms with van der Waals surface area (Å²) in [5.41, 5.74) is 0.978. The van der Waals surface area contributed by atoms with Gasteiger partial charge in [0.1, 0.15) is 0 Å². The summed E-state index contributed by atoms with van der Waals surface area (Å²) in [7, 11) is 2.14. The first kappa shape index (κ1) is 14.9. The number of aromatic amines is 1. The highest BCUT2D eigenvalue weighted by Crippen LogP contribution is 2.15. The normalized spacial score (nSPS) is 12.8. The van der Waals surface area contributed by atoms with Crippen LogP contribution in [0.1, 0.15) is 20.3 Å². The van der Waals surface area contributed by atoms with Crippen molar-refractivity contribution in [1.82, 2.24) is 24.6 Å². The number of aromatic nitrogens is 4. The van der Waals surface area contributed by atoms with Gasteiger partial charge >= 0.3 is 0 Å². The van der Waals surface area contributed by atoms with E-state index in [-0.39, 0.29) is 0 Å². The Morgan fingerprint density at radius 1 is 1.50 bits per heavy atom. The van der Waals surface area contributed by atoms with Gasteiger partial charge in [-0.2, -0.15) is 5.10 Å². The Hall–Kier alpha value is -1.53. The van der Waals surface area contributed by atoms with Gasteiger partial charge in [0.15, 0.2) is 10.6 Å². The van der Waals surface area contributed by atoms with Gasteiger partial charge in [-0.05, 0) is 44.7 Å². The number of hydrogen-bond acceptors (Lipinski definition) is 4. The van der Waals surface area contributed by atoms with Crippen LogP contribution in [-0.4, -0.2) is 44.3 Å². The minimum Gasteiger partial charge on any atom is -0.302 e. The number of pyridine rings is 1. The van der Waals surface area contributed by atoms with Crippen LogP contribution in [0.2, 0.25) is 0 Å². The van der Waals surface area contributed by atoms with Gasteiger partial charge in [-0.15, -0.1) is 0 Å². The molecule has 0 radical (unpaired) electrons. The molecule has 6 heteroatoms. The van der Waals surface area contributed by atoms with E-state index in [1.165, 1.54) is 0 Å². The maximum absolute atomic E-state index is 5.32. The fourth-order valence-corrected chi connectivity index (χ4v) is 2.25. The summed E-state index contributed by atoms with van der Waals surface area (Å²) in [6.07, 6.45) is 4.70. The van der Waals surface area contributed by atoms with Gasteiger partial charge in [0.05, 0.1) is 0 Å². The van der Waals surface area contributed by atoms with Crippen LogP contribution < -0.4 is 0 Å². The fraction of sp³-hybridized carbons (Fsp3) is 0.500. The lowest BCUT2D eigenvalue weighted by atomic mass is 10.2. The first-order chi connectivity index (χ1) is 9.63. The molecule has 0 spiro atoms. The van der Waals surface area contributed by atoms with E-state index in [1.807, 2.05) is 16.7 Å². The summed E-state index contributed by atoms with van der Waals surface area (Å²) in [4.78, 5) is 6.47. The summed E-state index contributed by atoms with van der Waals surface area (Å²) in [6.45, 7) is 6.19. The third-order valence-corrected chi connectivity index (χ3v) is 4.01. The van der Waals surface area contributed by atoms with E-state index in [0.717, 1.165) is 30.9 Å². The van der Waals surface area contributed by atoms with Crippen molar-refractivity contribution in [2.75, 3.05) is 13.6 Å². The Balaban J connectivity index is 2.17. The molecule has 0 aromatic carbocycles. The van der Waals surface area contributed by atoms with Gasteiger partial charge in [0.2, 0.25) is 0 Å². The van der Waals surface area contributed by atoms with Crippen LogP contribution >= 0.6 is 12.2 Å². The highest BCUT2D eigenvalue weighted by Gasteiger charge is 2.11. The minimum atomic E-state index is 0.568. The Morgan fingerprint density at radius 2 is 2.30 bits per heavy atom. The van der Waals surface area contributed by atoms with E-state index in [9.17, 15) is 0 Å². The van der Waals surface area contributed by atoms with Crippen LogP contribution in [0, 0.1) is 4.77 Å². The maximum atomic E-state index is 5.32. The summed E-state index contributed by atoms with van der Waals surface area (Å²) in [5.74, 6) is 0.848. The largest absolute Gasteiger partial charge is 0.302 e. The van der Waals surface area contributed by atoms with E-state index in [0.29, 0.717) is 10.8 Å². The molecule has 0 aliphatic heterocycles. The molecular formula is C14H21N5S. The predicted octanol–water partition coefficient (Wildman–Crippen LogP) is 2.73. The molecule has 0 saturated heterocycles. The fourth-order valence-electron chi connectivity index (χ4n) is 2.03. The van der Waals surface area contributed by atoms with Crippen molar-refractivity contribution in [3.05, 3.63) is 29.3 Å². The molecule has 0 bridgehead atoms. The predicted molar refractivity (Wildman–Crippen MR) is 83.0 cm³/mol. The number of nitrogens with zero attached hydrogens (tertiary/aromatic N) is 4. The van der Waals surface area contributed by atoms with Crippen LogP contribution in [0.3, 0.4) is 0 Å². The van der Waals surface area contributed by atoms with E-state index in [1.54, 1.807) is 12.4 Å². The highest BCUT2D eigenvalue weighted by molar-refractivity contribution is 7.71. The second kappa shape index (κ2) is 6.76. The van der Waals surface area contributed by atoms with Gasteiger partial charge in [0, 0.05) is 37.1 Å². The zero-order chi connectivity index (χ0) is 14.5. The van der Waals surface area contributed by atoms with E-state index >= 15 is 0 Å². The zero-order valence-electron chi connectivity index (χ0n) is 12.2. The smallest absolute Gasteiger partial charge is 0.195 e. The molecule has 2 aromatic heterocycles. The topological polar surface area (TPSA) is 49.7 Å². The van der Waals surface area contributed by atoms with Crippen molar-refractivity contribution in [3.8, 4) is 11.4 Å². The number of likely N-dealkylation sites (N-methyl/N-ethyl adjacent to an activating group) is 1. The summed E-state index contributed by atoms with van der Waals surface area (Å²) < 4.78 is 2.69. The van der Waals surface area contributed by atoms with Crippen molar-refractivity contribution in [2.24, 2.45) is 0 Å². The van der Waals surface area contributed by atoms with Crippen LogP contribution in [0.4, 0.5) is 0 Å². The van der Waals surface area contributed by atoms with E-state index in [2.05, 4.69) is 41.0 Å². The molecule has 0 saturated carbocycles. The second-order valence-electron chi connectivity index (χ2n) is 4.98. The van der Waals surface area contributed by atoms with Gasteiger partial charge in [-0.1, -0.05) is 6.92 Å². The Labute approximate surface area is 124 Å². The molecular weight excluding hydrogens is 270 g/mol. The summed E-state index contributed by atoms with van der Waals surface area (Å²) in [6, 6.07) is 4.47. The molecule has 2 heterocycles. The number of H-pyrrole nitrogens is 1. The highest BCUT2D eigenvalue weighted by atomic mass is 32.1. The van der Waals surface area contributed by atoms with E-state index in [4.69, 9.17) is 12.2 Å². The van der Waals surface area contributed by atoms with E-state index < -0.39 is 0 Å². The van der Waals surface area contributed by atoms with Crippen molar-refractivity contribution in [1.29, 1.82) is 0 Å². The van der Waals surface area contributed by atoms with Crippen molar-refractivity contribution < 1.29 is 0 Å². The standard InChI is InChI=1S/C14H21N5S/c1-4-11(2)18(3)8-9-19-13(16-17-14(19)20)12-6-5-7-15-10-12/h5-7,10-11H,4,8-9H2,1-3H3,(H,17,20). The van der Waals surface area contributed by atoms with Gasteiger partial charge in [-0.25, -0.2) is 0 Å². The molecule has 0 aliphatic carbocycles. The van der Waals surface area contributed by atoms with Gasteiger partial charge in [0.25, 0.3) is 0 Å². The Morgan fingerprint density at radius 3 is 2.95 bits per heavy atom. The monoisotopic (exact) mass is 291 g/mol. The molecule has 20 heavy (non-hydrogen) atoms. The quantitative estimate of drug-likeness (QED) is 0.831. The third kappa shape index (κ3) is 3.32. The summed E-state index contributed by atoms with van der Waals surface area (Å²) in [5, 5.41) is 7.19. The maximum Gasteiger partial charge on any atom is 0.195 e. The molecule has 1 unspecified atom stereocenters. The molecule has 1 N–H and O–H groups in total. The summed E-state index contributed by atoms with van der Waals surface area (Å²) >= 11 is 5.32. The Bertz CT molecular complexity index is 589. The van der Waals surface area contributed by atoms with Gasteiger partial charge < -0.3 is 4.90 Å². The number of hydrogen-bond donors (Lipinski definition) is 1. The van der Waals surface area contributed by atoms with Crippen LogP contribution in [0.25, 0.3) is 11.4 Å². The molecule has 2 aromatic rings. The molecule has 0 aliphatic rings. The first-order valence-electron chi connectivity index (χ1n) is 6.89. The van der Waals surface area contributed by atoms with Crippen LogP contribution in [-0.2, 0) is 6.54 Å². The molecule has 1 atom stereocenters. The second-order valence-corrected chi connectivity index (χ2v) is 5.37. The molecule has 0 amide bonds. The average Bonchev–Trinajstić information content (AvgIpc) is 2.85. The SMILES string of the molecule is CCC(C)N(C)CCn1c(-c2cccnc2)n[nH]c1=S. The zero-order valence-corrected chi connectivity index (χ0v) is 13.0. The first-order valence-corrected chi connectivity index (χ1v) is 7.30. The van der Waals surface area contributed by atoms with Crippen molar-refractivity contribution >= 4 is 12.2 Å². The lowest BCUT2D eigenvalue weighted by Crippen LogP contribution is -2.31. The molecule has 108 valence electrons. The third-order valence-electron chi connectivity index (χ3n) is 3.70. The average molecular weight is 291 g/mol. The number of rotatable bonds is 6. The van der Waals surface area contributed by atoms with Crippen molar-refractivity contribution in [2.45, 2.75) is 32.9 Å². The minimum absolute atomic E-state index is 0.568.